The van der Waals surface area contributed by atoms with Crippen LogP contribution in [0.25, 0.3) is 0 Å². The number of rotatable bonds is 11. The van der Waals surface area contributed by atoms with Crippen LogP contribution in [0.1, 0.15) is 41.0 Å². The summed E-state index contributed by atoms with van der Waals surface area (Å²) in [7, 11) is 1.37. The second-order valence-corrected chi connectivity index (χ2v) is 12.1. The molecule has 0 aliphatic carbocycles. The molecule has 28 heavy (non-hydrogen) atoms. The molecule has 2 amide bonds. The quantitative estimate of drug-likeness (QED) is 0.444. The van der Waals surface area contributed by atoms with Crippen molar-refractivity contribution in [2.75, 3.05) is 32.6 Å². The lowest BCUT2D eigenvalue weighted by Gasteiger charge is -2.21. The number of carbonyl (C=O) groups is 3. The van der Waals surface area contributed by atoms with Crippen LogP contribution in [0.3, 0.4) is 0 Å². The number of carbonyl (C=O) groups excluding carboxylic acids is 2. The number of nitrogens with two attached hydrogens (primary N) is 1. The molecule has 0 radical (unpaired) electrons. The third kappa shape index (κ3) is 14.3. The molecule has 0 aromatic rings. The van der Waals surface area contributed by atoms with Crippen LogP contribution in [0.4, 0.5) is 4.79 Å². The van der Waals surface area contributed by atoms with Crippen molar-refractivity contribution in [2.45, 2.75) is 47.1 Å². The third-order valence-electron chi connectivity index (χ3n) is 2.88. The normalized spacial score (nSPS) is 12.0. The van der Waals surface area contributed by atoms with E-state index in [-0.39, 0.29) is 12.4 Å². The highest BCUT2D eigenvalue weighted by atomic mass is 32.9. The van der Waals surface area contributed by atoms with E-state index in [4.69, 9.17) is 36.4 Å². The molecule has 0 fully saturated rings. The molecule has 0 aliphatic rings. The second kappa shape index (κ2) is 16.1. The number of ether oxygens (including phenoxy) is 1. The van der Waals surface area contributed by atoms with Gasteiger partial charge in [-0.1, -0.05) is 25.2 Å². The number of imide groups is 1. The van der Waals surface area contributed by atoms with Gasteiger partial charge in [0.25, 0.3) is 0 Å². The van der Waals surface area contributed by atoms with Crippen LogP contribution in [0.2, 0.25) is 0 Å². The van der Waals surface area contributed by atoms with Crippen LogP contribution >= 0.6 is 17.1 Å². The maximum atomic E-state index is 11.8. The Morgan fingerprint density at radius 3 is 1.96 bits per heavy atom. The summed E-state index contributed by atoms with van der Waals surface area (Å²) in [6.45, 7) is 10.3. The van der Waals surface area contributed by atoms with Gasteiger partial charge < -0.3 is 24.6 Å². The van der Waals surface area contributed by atoms with Gasteiger partial charge in [0.05, 0.1) is 25.6 Å². The monoisotopic (exact) mass is 460 g/mol. The van der Waals surface area contributed by atoms with Crippen LogP contribution in [-0.2, 0) is 35.2 Å². The van der Waals surface area contributed by atoms with E-state index in [0.717, 1.165) is 16.3 Å². The van der Waals surface area contributed by atoms with Gasteiger partial charge >= 0.3 is 12.1 Å². The molecule has 0 rings (SSSR count). The van der Waals surface area contributed by atoms with Crippen LogP contribution in [0, 0.1) is 5.92 Å². The van der Waals surface area contributed by atoms with Crippen LogP contribution in [0.15, 0.2) is 0 Å². The fraction of sp³-hybridized carbons (Fsp3) is 0.812. The van der Waals surface area contributed by atoms with Gasteiger partial charge in [0.15, 0.2) is 0 Å². The molecular formula is C16H33N2O7PS2. The Balaban J connectivity index is 0. The first kappa shape index (κ1) is 29.5. The molecule has 1 unspecified atom stereocenters. The number of hydrogen-bond donors (Lipinski definition) is 2. The molecule has 0 aliphatic heterocycles. The topological polar surface area (TPSA) is 128 Å². The first-order valence-corrected chi connectivity index (χ1v) is 13.1. The zero-order valence-corrected chi connectivity index (χ0v) is 19.9. The molecule has 12 heteroatoms. The SMILES string of the molecule is CC(C)CC(N)C(=O)O.CCOC(=O)N(C)C(=O)CSP(=S)(OCC)OCC. The van der Waals surface area contributed by atoms with Crippen molar-refractivity contribution in [2.24, 2.45) is 11.7 Å². The van der Waals surface area contributed by atoms with Crippen molar-refractivity contribution in [1.82, 2.24) is 4.90 Å². The summed E-state index contributed by atoms with van der Waals surface area (Å²) in [4.78, 5) is 34.2. The van der Waals surface area contributed by atoms with Crippen LogP contribution in [-0.4, -0.2) is 66.6 Å². The van der Waals surface area contributed by atoms with Crippen molar-refractivity contribution in [3.05, 3.63) is 0 Å². The predicted octanol–water partition coefficient (Wildman–Crippen LogP) is 3.08. The highest BCUT2D eigenvalue weighted by Gasteiger charge is 2.24. The molecular weight excluding hydrogens is 427 g/mol. The molecule has 0 aromatic heterocycles. The highest BCUT2D eigenvalue weighted by Crippen LogP contribution is 2.60. The van der Waals surface area contributed by atoms with Gasteiger partial charge in [0.2, 0.25) is 11.6 Å². The van der Waals surface area contributed by atoms with Gasteiger partial charge in [-0.3, -0.25) is 9.59 Å². The number of aliphatic carboxylic acids is 1. The minimum atomic E-state index is -2.51. The first-order valence-electron chi connectivity index (χ1n) is 8.89. The van der Waals surface area contributed by atoms with E-state index in [1.165, 1.54) is 7.05 Å². The van der Waals surface area contributed by atoms with E-state index in [1.54, 1.807) is 6.92 Å². The number of carboxylic acid groups (broad SMARTS) is 1. The van der Waals surface area contributed by atoms with Gasteiger partial charge in [0, 0.05) is 7.05 Å². The number of carboxylic acids is 1. The van der Waals surface area contributed by atoms with E-state index in [9.17, 15) is 14.4 Å². The van der Waals surface area contributed by atoms with Gasteiger partial charge in [0.1, 0.15) is 6.04 Å². The summed E-state index contributed by atoms with van der Waals surface area (Å²) in [5.74, 6) is -0.927. The van der Waals surface area contributed by atoms with Gasteiger partial charge in [-0.05, 0) is 44.9 Å². The third-order valence-corrected chi connectivity index (χ3v) is 8.27. The second-order valence-electron chi connectivity index (χ2n) is 5.78. The Hall–Kier alpha value is -0.710. The fourth-order valence-electron chi connectivity index (χ4n) is 1.59. The lowest BCUT2D eigenvalue weighted by Crippen LogP contribution is -2.34. The van der Waals surface area contributed by atoms with E-state index in [1.807, 2.05) is 27.7 Å². The molecule has 166 valence electrons. The first-order chi connectivity index (χ1) is 12.9. The summed E-state index contributed by atoms with van der Waals surface area (Å²) in [5.41, 5.74) is 2.71. The zero-order valence-electron chi connectivity index (χ0n) is 17.4. The van der Waals surface area contributed by atoms with Gasteiger partial charge in [-0.15, -0.1) is 0 Å². The van der Waals surface area contributed by atoms with Crippen molar-refractivity contribution in [3.63, 3.8) is 0 Å². The van der Waals surface area contributed by atoms with Crippen molar-refractivity contribution >= 4 is 46.9 Å². The Bertz CT molecular complexity index is 525. The average Bonchev–Trinajstić information content (AvgIpc) is 2.59. The van der Waals surface area contributed by atoms with E-state index >= 15 is 0 Å². The molecule has 3 N–H and O–H groups in total. The zero-order chi connectivity index (χ0) is 22.3. The Morgan fingerprint density at radius 2 is 1.64 bits per heavy atom. The summed E-state index contributed by atoms with van der Waals surface area (Å²) in [5, 5.41) is 8.31. The molecule has 0 saturated carbocycles. The average molecular weight is 461 g/mol. The minimum Gasteiger partial charge on any atom is -0.480 e. The highest BCUT2D eigenvalue weighted by molar-refractivity contribution is 8.68. The summed E-state index contributed by atoms with van der Waals surface area (Å²) >= 11 is 6.39. The van der Waals surface area contributed by atoms with Crippen molar-refractivity contribution < 1.29 is 33.3 Å². The summed E-state index contributed by atoms with van der Waals surface area (Å²) in [6, 6.07) is -0.690. The van der Waals surface area contributed by atoms with Crippen molar-refractivity contribution in [1.29, 1.82) is 0 Å². The molecule has 9 nitrogen and oxygen atoms in total. The van der Waals surface area contributed by atoms with Crippen LogP contribution < -0.4 is 5.73 Å². The predicted molar refractivity (Wildman–Crippen MR) is 115 cm³/mol. The van der Waals surface area contributed by atoms with E-state index in [0.29, 0.717) is 25.6 Å². The maximum absolute atomic E-state index is 11.8. The molecule has 0 bridgehead atoms. The fourth-order valence-corrected chi connectivity index (χ4v) is 5.90. The molecule has 0 heterocycles. The standard InChI is InChI=1S/C10H20NO5PS2.C6H13NO2/c1-5-14-10(13)11(4)9(12)8-19-17(18,15-6-2)16-7-3;1-4(2)3-5(7)6(8)9/h5-8H2,1-4H3;4-5H,3,7H2,1-2H3,(H,8,9). The Morgan fingerprint density at radius 1 is 1.14 bits per heavy atom. The lowest BCUT2D eigenvalue weighted by molar-refractivity contribution is -0.138. The van der Waals surface area contributed by atoms with E-state index < -0.39 is 29.7 Å². The number of nitrogens with zero attached hydrogens (tertiary/aromatic N) is 1. The maximum Gasteiger partial charge on any atom is 0.416 e. The lowest BCUT2D eigenvalue weighted by atomic mass is 10.1. The minimum absolute atomic E-state index is 0.0204. The number of hydrogen-bond acceptors (Lipinski definition) is 9. The summed E-state index contributed by atoms with van der Waals surface area (Å²) in [6.07, 6.45) is -0.121. The Kier molecular flexibility index (Phi) is 17.0. The van der Waals surface area contributed by atoms with Gasteiger partial charge in [-0.2, -0.15) is 0 Å². The van der Waals surface area contributed by atoms with Crippen LogP contribution in [0.5, 0.6) is 0 Å². The summed E-state index contributed by atoms with van der Waals surface area (Å²) < 4.78 is 15.5. The smallest absolute Gasteiger partial charge is 0.416 e. The molecule has 0 saturated heterocycles. The Labute approximate surface area is 176 Å². The van der Waals surface area contributed by atoms with Gasteiger partial charge in [-0.25, -0.2) is 9.69 Å². The molecule has 1 atom stereocenters. The number of amides is 2. The molecule has 0 aromatic carbocycles. The van der Waals surface area contributed by atoms with E-state index in [2.05, 4.69) is 0 Å². The largest absolute Gasteiger partial charge is 0.480 e. The molecule has 0 spiro atoms. The van der Waals surface area contributed by atoms with Crippen molar-refractivity contribution in [3.8, 4) is 0 Å².